The van der Waals surface area contributed by atoms with Gasteiger partial charge in [0.15, 0.2) is 0 Å². The molecule has 0 radical (unpaired) electrons. The fourth-order valence-corrected chi connectivity index (χ4v) is 2.67. The maximum atomic E-state index is 5.80. The van der Waals surface area contributed by atoms with Crippen LogP contribution in [0, 0.1) is 6.92 Å². The van der Waals surface area contributed by atoms with Crippen molar-refractivity contribution in [2.75, 3.05) is 5.73 Å². The molecule has 0 fully saturated rings. The van der Waals surface area contributed by atoms with Gasteiger partial charge in [-0.1, -0.05) is 29.8 Å². The van der Waals surface area contributed by atoms with Crippen LogP contribution in [0.1, 0.15) is 5.56 Å². The maximum absolute atomic E-state index is 5.80. The third-order valence-electron chi connectivity index (χ3n) is 3.71. The number of fused-ring (bicyclic) bond motifs is 3. The lowest BCUT2D eigenvalue weighted by Crippen LogP contribution is -1.87. The Morgan fingerprint density at radius 1 is 0.952 bits per heavy atom. The number of benzene rings is 1. The van der Waals surface area contributed by atoms with Gasteiger partial charge in [0.05, 0.1) is 11.7 Å². The summed E-state index contributed by atoms with van der Waals surface area (Å²) in [5.41, 5.74) is 11.1. The third-order valence-corrected chi connectivity index (χ3v) is 3.71. The fourth-order valence-electron chi connectivity index (χ4n) is 2.67. The van der Waals surface area contributed by atoms with Gasteiger partial charge >= 0.3 is 0 Å². The number of nitrogens with one attached hydrogen (secondary N) is 1. The van der Waals surface area contributed by atoms with Crippen molar-refractivity contribution >= 4 is 27.8 Å². The molecule has 0 atom stereocenters. The Labute approximate surface area is 121 Å². The average Bonchev–Trinajstić information content (AvgIpc) is 2.84. The number of aryl methyl sites for hydroxylation is 1. The van der Waals surface area contributed by atoms with Crippen molar-refractivity contribution in [3.05, 3.63) is 54.4 Å². The first-order chi connectivity index (χ1) is 10.2. The van der Waals surface area contributed by atoms with Gasteiger partial charge in [-0.25, -0.2) is 9.97 Å². The lowest BCUT2D eigenvalue weighted by Gasteiger charge is -2.03. The van der Waals surface area contributed by atoms with Crippen molar-refractivity contribution in [2.45, 2.75) is 6.92 Å². The van der Waals surface area contributed by atoms with Crippen LogP contribution in [0.2, 0.25) is 0 Å². The number of pyridine rings is 2. The monoisotopic (exact) mass is 274 g/mol. The summed E-state index contributed by atoms with van der Waals surface area (Å²) < 4.78 is 0. The molecule has 0 amide bonds. The molecule has 0 unspecified atom stereocenters. The molecule has 0 saturated heterocycles. The quantitative estimate of drug-likeness (QED) is 0.556. The molecule has 1 aromatic carbocycles. The molecule has 4 aromatic rings. The molecule has 0 saturated carbocycles. The molecular formula is C17H14N4. The molecule has 3 aromatic heterocycles. The van der Waals surface area contributed by atoms with Gasteiger partial charge < -0.3 is 10.7 Å². The summed E-state index contributed by atoms with van der Waals surface area (Å²) in [6, 6.07) is 12.4. The van der Waals surface area contributed by atoms with Crippen LogP contribution in [0.15, 0.2) is 48.8 Å². The van der Waals surface area contributed by atoms with Gasteiger partial charge in [-0.05, 0) is 24.6 Å². The van der Waals surface area contributed by atoms with E-state index in [4.69, 9.17) is 5.73 Å². The Morgan fingerprint density at radius 2 is 1.86 bits per heavy atom. The number of nitrogen functional groups attached to an aromatic ring is 1. The van der Waals surface area contributed by atoms with Crippen LogP contribution in [0.4, 0.5) is 5.82 Å². The highest BCUT2D eigenvalue weighted by atomic mass is 14.9. The maximum Gasteiger partial charge on any atom is 0.138 e. The number of hydrogen-bond acceptors (Lipinski definition) is 3. The number of H-pyrrole nitrogens is 1. The Bertz CT molecular complexity index is 969. The first-order valence-electron chi connectivity index (χ1n) is 6.81. The summed E-state index contributed by atoms with van der Waals surface area (Å²) in [6.45, 7) is 2.09. The summed E-state index contributed by atoms with van der Waals surface area (Å²) >= 11 is 0. The van der Waals surface area contributed by atoms with E-state index in [1.54, 1.807) is 6.20 Å². The lowest BCUT2D eigenvalue weighted by molar-refractivity contribution is 1.32. The normalized spacial score (nSPS) is 11.3. The summed E-state index contributed by atoms with van der Waals surface area (Å²) in [7, 11) is 0. The standard InChI is InChI=1S/C17H14N4/c1-10-3-2-4-11(5-10)12-6-14-13-7-16(18)19-9-15(13)21-17(14)20-8-12/h2-9H,1H3,(H2,18,19)(H,20,21). The largest absolute Gasteiger partial charge is 0.384 e. The predicted molar refractivity (Wildman–Crippen MR) is 86.0 cm³/mol. The van der Waals surface area contributed by atoms with E-state index in [1.165, 1.54) is 11.1 Å². The molecule has 4 nitrogen and oxygen atoms in total. The van der Waals surface area contributed by atoms with Crippen LogP contribution < -0.4 is 5.73 Å². The van der Waals surface area contributed by atoms with Crippen molar-refractivity contribution in [1.82, 2.24) is 15.0 Å². The minimum atomic E-state index is 0.518. The van der Waals surface area contributed by atoms with Crippen LogP contribution in [-0.4, -0.2) is 15.0 Å². The Balaban J connectivity index is 2.00. The molecular weight excluding hydrogens is 260 g/mol. The molecule has 0 aliphatic carbocycles. The zero-order chi connectivity index (χ0) is 14.4. The first-order valence-corrected chi connectivity index (χ1v) is 6.81. The Kier molecular flexibility index (Phi) is 2.44. The minimum Gasteiger partial charge on any atom is -0.384 e. The SMILES string of the molecule is Cc1cccc(-c2cnc3[nH]c4cnc(N)cc4c3c2)c1. The fraction of sp³-hybridized carbons (Fsp3) is 0.0588. The van der Waals surface area contributed by atoms with Gasteiger partial charge in [0.1, 0.15) is 11.5 Å². The van der Waals surface area contributed by atoms with Gasteiger partial charge in [-0.15, -0.1) is 0 Å². The van der Waals surface area contributed by atoms with Crippen LogP contribution in [-0.2, 0) is 0 Å². The highest BCUT2D eigenvalue weighted by Gasteiger charge is 2.08. The van der Waals surface area contributed by atoms with E-state index in [2.05, 4.69) is 52.2 Å². The van der Waals surface area contributed by atoms with Gasteiger partial charge in [-0.2, -0.15) is 0 Å². The summed E-state index contributed by atoms with van der Waals surface area (Å²) in [5.74, 6) is 0.518. The smallest absolute Gasteiger partial charge is 0.138 e. The van der Waals surface area contributed by atoms with Gasteiger partial charge in [-0.3, -0.25) is 0 Å². The molecule has 102 valence electrons. The second kappa shape index (κ2) is 4.31. The molecule has 4 heteroatoms. The zero-order valence-corrected chi connectivity index (χ0v) is 11.6. The van der Waals surface area contributed by atoms with E-state index >= 15 is 0 Å². The summed E-state index contributed by atoms with van der Waals surface area (Å²) in [6.07, 6.45) is 3.64. The molecule has 4 rings (SSSR count). The molecule has 21 heavy (non-hydrogen) atoms. The second-order valence-corrected chi connectivity index (χ2v) is 5.27. The van der Waals surface area contributed by atoms with E-state index in [-0.39, 0.29) is 0 Å². The number of anilines is 1. The zero-order valence-electron chi connectivity index (χ0n) is 11.6. The lowest BCUT2D eigenvalue weighted by atomic mass is 10.0. The molecule has 3 heterocycles. The number of aromatic nitrogens is 3. The molecule has 0 aliphatic rings. The number of nitrogens with zero attached hydrogens (tertiary/aromatic N) is 2. The second-order valence-electron chi connectivity index (χ2n) is 5.27. The van der Waals surface area contributed by atoms with Crippen molar-refractivity contribution < 1.29 is 0 Å². The van der Waals surface area contributed by atoms with E-state index in [1.807, 2.05) is 12.3 Å². The van der Waals surface area contributed by atoms with Crippen molar-refractivity contribution in [3.8, 4) is 11.1 Å². The minimum absolute atomic E-state index is 0.518. The van der Waals surface area contributed by atoms with Crippen LogP contribution in [0.25, 0.3) is 33.1 Å². The molecule has 0 spiro atoms. The Hall–Kier alpha value is -2.88. The topological polar surface area (TPSA) is 67.6 Å². The van der Waals surface area contributed by atoms with Gasteiger partial charge in [0.2, 0.25) is 0 Å². The van der Waals surface area contributed by atoms with Crippen LogP contribution >= 0.6 is 0 Å². The van der Waals surface area contributed by atoms with E-state index < -0.39 is 0 Å². The number of aromatic amines is 1. The first kappa shape index (κ1) is 11.9. The number of nitrogens with two attached hydrogens (primary N) is 1. The number of rotatable bonds is 1. The number of hydrogen-bond donors (Lipinski definition) is 2. The molecule has 0 bridgehead atoms. The summed E-state index contributed by atoms with van der Waals surface area (Å²) in [5, 5.41) is 2.12. The summed E-state index contributed by atoms with van der Waals surface area (Å²) in [4.78, 5) is 11.9. The third kappa shape index (κ3) is 1.92. The van der Waals surface area contributed by atoms with Gasteiger partial charge in [0, 0.05) is 22.5 Å². The van der Waals surface area contributed by atoms with Crippen molar-refractivity contribution in [1.29, 1.82) is 0 Å². The van der Waals surface area contributed by atoms with Crippen LogP contribution in [0.5, 0.6) is 0 Å². The predicted octanol–water partition coefficient (Wildman–Crippen LogP) is 3.67. The molecule has 0 aliphatic heterocycles. The highest BCUT2D eigenvalue weighted by Crippen LogP contribution is 2.29. The van der Waals surface area contributed by atoms with E-state index in [0.717, 1.165) is 27.5 Å². The van der Waals surface area contributed by atoms with E-state index in [0.29, 0.717) is 5.82 Å². The average molecular weight is 274 g/mol. The van der Waals surface area contributed by atoms with Crippen molar-refractivity contribution in [2.24, 2.45) is 0 Å². The highest BCUT2D eigenvalue weighted by molar-refractivity contribution is 6.07. The van der Waals surface area contributed by atoms with E-state index in [9.17, 15) is 0 Å². The molecule has 3 N–H and O–H groups in total. The Morgan fingerprint density at radius 3 is 2.71 bits per heavy atom. The van der Waals surface area contributed by atoms with Crippen molar-refractivity contribution in [3.63, 3.8) is 0 Å². The van der Waals surface area contributed by atoms with Crippen LogP contribution in [0.3, 0.4) is 0 Å². The van der Waals surface area contributed by atoms with Gasteiger partial charge in [0.25, 0.3) is 0 Å².